The van der Waals surface area contributed by atoms with E-state index in [1.54, 1.807) is 24.3 Å². The van der Waals surface area contributed by atoms with Gasteiger partial charge in [-0.1, -0.05) is 37.3 Å². The highest BCUT2D eigenvalue weighted by atomic mass is 32.2. The van der Waals surface area contributed by atoms with Gasteiger partial charge in [-0.15, -0.1) is 0 Å². The van der Waals surface area contributed by atoms with Crippen LogP contribution >= 0.6 is 0 Å². The summed E-state index contributed by atoms with van der Waals surface area (Å²) in [5.41, 5.74) is 0.350. The molecular formula is C17H18N2O5S. The number of non-ortho nitro benzene ring substituents is 1. The molecule has 2 aromatic carbocycles. The van der Waals surface area contributed by atoms with E-state index in [2.05, 4.69) is 0 Å². The minimum Gasteiger partial charge on any atom is -0.356 e. The average molecular weight is 362 g/mol. The summed E-state index contributed by atoms with van der Waals surface area (Å²) in [6.45, 7) is 2.13. The molecule has 0 saturated carbocycles. The largest absolute Gasteiger partial charge is 0.356 e. The molecular weight excluding hydrogens is 344 g/mol. The minimum atomic E-state index is -3.79. The van der Waals surface area contributed by atoms with Crippen LogP contribution in [0.1, 0.15) is 25.1 Å². The lowest BCUT2D eigenvalue weighted by molar-refractivity contribution is -0.385. The van der Waals surface area contributed by atoms with Crippen LogP contribution in [-0.2, 0) is 14.8 Å². The van der Waals surface area contributed by atoms with Crippen LogP contribution in [0.4, 0.5) is 5.69 Å². The van der Waals surface area contributed by atoms with Gasteiger partial charge in [-0.3, -0.25) is 10.1 Å². The Labute approximate surface area is 146 Å². The van der Waals surface area contributed by atoms with Gasteiger partial charge in [-0.2, -0.15) is 4.31 Å². The Morgan fingerprint density at radius 1 is 1.20 bits per heavy atom. The van der Waals surface area contributed by atoms with Crippen molar-refractivity contribution in [1.82, 2.24) is 4.31 Å². The molecule has 25 heavy (non-hydrogen) atoms. The van der Waals surface area contributed by atoms with E-state index in [4.69, 9.17) is 4.74 Å². The molecule has 0 bridgehead atoms. The molecule has 1 heterocycles. The molecule has 2 atom stereocenters. The quantitative estimate of drug-likeness (QED) is 0.602. The van der Waals surface area contributed by atoms with Gasteiger partial charge in [-0.25, -0.2) is 8.42 Å². The second-order valence-electron chi connectivity index (χ2n) is 5.75. The average Bonchev–Trinajstić information content (AvgIpc) is 3.07. The fourth-order valence-electron chi connectivity index (χ4n) is 2.91. The Balaban J connectivity index is 2.05. The van der Waals surface area contributed by atoms with Crippen molar-refractivity contribution < 1.29 is 18.1 Å². The Morgan fingerprint density at radius 3 is 2.56 bits per heavy atom. The zero-order chi connectivity index (χ0) is 18.0. The molecule has 132 valence electrons. The predicted octanol–water partition coefficient (Wildman–Crippen LogP) is 3.09. The van der Waals surface area contributed by atoms with Gasteiger partial charge < -0.3 is 4.74 Å². The summed E-state index contributed by atoms with van der Waals surface area (Å²) in [6, 6.07) is 13.7. The van der Waals surface area contributed by atoms with Gasteiger partial charge in [0.15, 0.2) is 6.23 Å². The lowest BCUT2D eigenvalue weighted by Gasteiger charge is -2.27. The first-order chi connectivity index (χ1) is 11.9. The molecule has 7 nitrogen and oxygen atoms in total. The van der Waals surface area contributed by atoms with Crippen molar-refractivity contribution in [3.05, 3.63) is 70.3 Å². The summed E-state index contributed by atoms with van der Waals surface area (Å²) >= 11 is 0. The maximum atomic E-state index is 13.1. The normalized spacial score (nSPS) is 21.3. The van der Waals surface area contributed by atoms with Crippen molar-refractivity contribution in [3.63, 3.8) is 0 Å². The molecule has 0 aromatic heterocycles. The third-order valence-corrected chi connectivity index (χ3v) is 6.11. The molecule has 1 aliphatic rings. The molecule has 3 rings (SSSR count). The van der Waals surface area contributed by atoms with Crippen LogP contribution in [0.15, 0.2) is 59.5 Å². The first-order valence-electron chi connectivity index (χ1n) is 7.89. The summed E-state index contributed by atoms with van der Waals surface area (Å²) in [4.78, 5) is 10.7. The number of ether oxygens (including phenoxy) is 1. The Bertz CT molecular complexity index is 870. The van der Waals surface area contributed by atoms with Gasteiger partial charge >= 0.3 is 0 Å². The molecule has 0 amide bonds. The van der Waals surface area contributed by atoms with Crippen molar-refractivity contribution in [2.75, 3.05) is 6.61 Å². The first kappa shape index (κ1) is 17.5. The van der Waals surface area contributed by atoms with E-state index in [0.29, 0.717) is 12.0 Å². The van der Waals surface area contributed by atoms with Crippen LogP contribution in [0, 0.1) is 10.1 Å². The van der Waals surface area contributed by atoms with Crippen molar-refractivity contribution in [2.24, 2.45) is 0 Å². The molecule has 0 spiro atoms. The van der Waals surface area contributed by atoms with Crippen molar-refractivity contribution in [1.29, 1.82) is 0 Å². The molecule has 1 fully saturated rings. The van der Waals surface area contributed by atoms with E-state index in [-0.39, 0.29) is 23.2 Å². The lowest BCUT2D eigenvalue weighted by Crippen LogP contribution is -2.38. The zero-order valence-electron chi connectivity index (χ0n) is 13.6. The second kappa shape index (κ2) is 6.91. The van der Waals surface area contributed by atoms with E-state index in [0.717, 1.165) is 0 Å². The van der Waals surface area contributed by atoms with Gasteiger partial charge in [0.05, 0.1) is 22.5 Å². The van der Waals surface area contributed by atoms with Gasteiger partial charge in [0, 0.05) is 17.7 Å². The summed E-state index contributed by atoms with van der Waals surface area (Å²) in [5, 5.41) is 11.0. The number of nitro benzene ring substituents is 1. The first-order valence-corrected chi connectivity index (χ1v) is 9.33. The number of hydrogen-bond acceptors (Lipinski definition) is 5. The topological polar surface area (TPSA) is 89.8 Å². The number of rotatable bonds is 5. The number of benzene rings is 2. The van der Waals surface area contributed by atoms with Gasteiger partial charge in [0.1, 0.15) is 0 Å². The van der Waals surface area contributed by atoms with E-state index in [1.807, 2.05) is 6.92 Å². The fourth-order valence-corrected chi connectivity index (χ4v) is 4.69. The summed E-state index contributed by atoms with van der Waals surface area (Å²) < 4.78 is 33.3. The van der Waals surface area contributed by atoms with Crippen LogP contribution in [0.25, 0.3) is 0 Å². The zero-order valence-corrected chi connectivity index (χ0v) is 14.4. The van der Waals surface area contributed by atoms with Crippen LogP contribution in [0.5, 0.6) is 0 Å². The Kier molecular flexibility index (Phi) is 4.85. The van der Waals surface area contributed by atoms with Crippen LogP contribution in [0.3, 0.4) is 0 Å². The smallest absolute Gasteiger partial charge is 0.269 e. The Morgan fingerprint density at radius 2 is 1.92 bits per heavy atom. The summed E-state index contributed by atoms with van der Waals surface area (Å²) in [7, 11) is -3.79. The maximum Gasteiger partial charge on any atom is 0.269 e. The van der Waals surface area contributed by atoms with Crippen LogP contribution in [-0.4, -0.2) is 30.3 Å². The summed E-state index contributed by atoms with van der Waals surface area (Å²) in [5.74, 6) is 0. The van der Waals surface area contributed by atoms with E-state index >= 15 is 0 Å². The fraction of sp³-hybridized carbons (Fsp3) is 0.294. The minimum absolute atomic E-state index is 0.0990. The standard InChI is InChI=1S/C17H18N2O5S/c1-2-14-12-24-17(13-7-6-8-15(11-13)19(20)21)18(14)25(22,23)16-9-4-3-5-10-16/h3-11,14,17H,2,12H2,1H3/t14-,17-/m1/s1. The maximum absolute atomic E-state index is 13.1. The SMILES string of the molecule is CC[C@@H]1CO[C@H](c2cccc([N+](=O)[O-])c2)N1S(=O)(=O)c1ccccc1. The molecule has 0 aliphatic carbocycles. The van der Waals surface area contributed by atoms with Crippen molar-refractivity contribution in [3.8, 4) is 0 Å². The highest BCUT2D eigenvalue weighted by Crippen LogP contribution is 2.37. The lowest BCUT2D eigenvalue weighted by atomic mass is 10.1. The monoisotopic (exact) mass is 362 g/mol. The second-order valence-corrected chi connectivity index (χ2v) is 7.59. The Hall–Kier alpha value is -2.29. The highest BCUT2D eigenvalue weighted by molar-refractivity contribution is 7.89. The molecule has 1 saturated heterocycles. The molecule has 0 unspecified atom stereocenters. The van der Waals surface area contributed by atoms with Crippen LogP contribution in [0.2, 0.25) is 0 Å². The van der Waals surface area contributed by atoms with Gasteiger partial charge in [-0.05, 0) is 18.6 Å². The van der Waals surface area contributed by atoms with Crippen molar-refractivity contribution >= 4 is 15.7 Å². The highest BCUT2D eigenvalue weighted by Gasteiger charge is 2.43. The van der Waals surface area contributed by atoms with Gasteiger partial charge in [0.2, 0.25) is 10.0 Å². The number of nitrogens with zero attached hydrogens (tertiary/aromatic N) is 2. The van der Waals surface area contributed by atoms with E-state index in [1.165, 1.54) is 34.6 Å². The molecule has 1 aliphatic heterocycles. The predicted molar refractivity (Wildman–Crippen MR) is 91.3 cm³/mol. The van der Waals surface area contributed by atoms with E-state index < -0.39 is 21.2 Å². The van der Waals surface area contributed by atoms with Crippen molar-refractivity contribution in [2.45, 2.75) is 30.5 Å². The molecule has 0 N–H and O–H groups in total. The summed E-state index contributed by atoms with van der Waals surface area (Å²) in [6.07, 6.45) is -0.299. The third kappa shape index (κ3) is 3.28. The number of nitro groups is 1. The molecule has 2 aromatic rings. The van der Waals surface area contributed by atoms with Crippen LogP contribution < -0.4 is 0 Å². The molecule has 8 heteroatoms. The number of sulfonamides is 1. The third-order valence-electron chi connectivity index (χ3n) is 4.19. The number of hydrogen-bond donors (Lipinski definition) is 0. The van der Waals surface area contributed by atoms with Gasteiger partial charge in [0.25, 0.3) is 5.69 Å². The molecule has 0 radical (unpaired) electrons. The van der Waals surface area contributed by atoms with E-state index in [9.17, 15) is 18.5 Å².